The molecular weight excluding hydrogens is 244 g/mol. The maximum Gasteiger partial charge on any atom is 0.326 e. The van der Waals surface area contributed by atoms with E-state index in [2.05, 4.69) is 5.32 Å². The number of hydrogen-bond donors (Lipinski definition) is 2. The molecule has 2 N–H and O–H groups in total. The van der Waals surface area contributed by atoms with E-state index in [1.54, 1.807) is 6.07 Å². The fraction of sp³-hybridized carbons (Fsp3) is 0.333. The number of carbonyl (C=O) groups excluding carboxylic acids is 1. The molecule has 1 aliphatic rings. The number of hydrogen-bond acceptors (Lipinski definition) is 2. The monoisotopic (exact) mass is 255 g/mol. The van der Waals surface area contributed by atoms with E-state index >= 15 is 0 Å². The lowest BCUT2D eigenvalue weighted by Crippen LogP contribution is -2.36. The fourth-order valence-corrected chi connectivity index (χ4v) is 2.12. The number of halogens is 2. The third-order valence-electron chi connectivity index (χ3n) is 2.98. The van der Waals surface area contributed by atoms with Gasteiger partial charge in [-0.15, -0.1) is 0 Å². The molecule has 0 saturated carbocycles. The Morgan fingerprint density at radius 3 is 2.78 bits per heavy atom. The lowest BCUT2D eigenvalue weighted by Gasteiger charge is -2.15. The molecule has 0 aliphatic carbocycles. The maximum absolute atomic E-state index is 12.6. The van der Waals surface area contributed by atoms with Crippen LogP contribution in [-0.2, 0) is 9.59 Å². The van der Waals surface area contributed by atoms with Crippen molar-refractivity contribution in [3.05, 3.63) is 35.4 Å². The molecule has 96 valence electrons. The minimum absolute atomic E-state index is 0.00363. The Morgan fingerprint density at radius 2 is 2.17 bits per heavy atom. The Balaban J connectivity index is 2.32. The number of rotatable bonds is 3. The van der Waals surface area contributed by atoms with Gasteiger partial charge in [0.05, 0.1) is 0 Å². The van der Waals surface area contributed by atoms with E-state index in [0.717, 1.165) is 0 Å². The molecular formula is C12H11F2NO3. The summed E-state index contributed by atoms with van der Waals surface area (Å²) in [6, 6.07) is 4.48. The van der Waals surface area contributed by atoms with Crippen LogP contribution >= 0.6 is 0 Å². The second-order valence-electron chi connectivity index (χ2n) is 4.16. The summed E-state index contributed by atoms with van der Waals surface area (Å²) in [4.78, 5) is 22.2. The Kier molecular flexibility index (Phi) is 3.27. The Morgan fingerprint density at radius 1 is 1.44 bits per heavy atom. The van der Waals surface area contributed by atoms with Crippen LogP contribution in [0.1, 0.15) is 29.9 Å². The summed E-state index contributed by atoms with van der Waals surface area (Å²) in [6.07, 6.45) is -2.61. The molecule has 2 unspecified atom stereocenters. The van der Waals surface area contributed by atoms with E-state index in [9.17, 15) is 18.4 Å². The van der Waals surface area contributed by atoms with Gasteiger partial charge in [-0.3, -0.25) is 4.79 Å². The first-order valence-corrected chi connectivity index (χ1v) is 5.39. The van der Waals surface area contributed by atoms with Crippen LogP contribution in [-0.4, -0.2) is 23.0 Å². The van der Waals surface area contributed by atoms with Gasteiger partial charge >= 0.3 is 5.97 Å². The van der Waals surface area contributed by atoms with Gasteiger partial charge in [0.25, 0.3) is 6.43 Å². The third kappa shape index (κ3) is 2.32. The number of amides is 1. The average Bonchev–Trinajstić information content (AvgIpc) is 2.72. The van der Waals surface area contributed by atoms with Gasteiger partial charge in [0.2, 0.25) is 5.91 Å². The molecule has 0 radical (unpaired) electrons. The third-order valence-corrected chi connectivity index (χ3v) is 2.98. The molecule has 1 aromatic rings. The van der Waals surface area contributed by atoms with Gasteiger partial charge in [0, 0.05) is 17.9 Å². The number of carboxylic acids is 1. The molecule has 1 amide bonds. The van der Waals surface area contributed by atoms with Gasteiger partial charge in [0.1, 0.15) is 6.04 Å². The highest BCUT2D eigenvalue weighted by molar-refractivity contribution is 5.89. The molecule has 0 bridgehead atoms. The molecule has 18 heavy (non-hydrogen) atoms. The highest BCUT2D eigenvalue weighted by Gasteiger charge is 2.38. The van der Waals surface area contributed by atoms with Crippen molar-refractivity contribution in [2.45, 2.75) is 24.8 Å². The van der Waals surface area contributed by atoms with Crippen LogP contribution in [0, 0.1) is 0 Å². The Labute approximate surface area is 102 Å². The molecule has 0 aromatic heterocycles. The van der Waals surface area contributed by atoms with Crippen LogP contribution in [0.4, 0.5) is 8.78 Å². The van der Waals surface area contributed by atoms with Crippen molar-refractivity contribution in [1.29, 1.82) is 0 Å². The first-order valence-electron chi connectivity index (χ1n) is 5.39. The molecule has 6 heteroatoms. The molecule has 4 nitrogen and oxygen atoms in total. The van der Waals surface area contributed by atoms with Gasteiger partial charge < -0.3 is 10.4 Å². The van der Waals surface area contributed by atoms with E-state index in [-0.39, 0.29) is 17.9 Å². The van der Waals surface area contributed by atoms with Crippen molar-refractivity contribution in [1.82, 2.24) is 5.32 Å². The Bertz CT molecular complexity index is 490. The van der Waals surface area contributed by atoms with Gasteiger partial charge in [-0.05, 0) is 11.6 Å². The molecule has 1 saturated heterocycles. The number of nitrogens with one attached hydrogen (secondary N) is 1. The van der Waals surface area contributed by atoms with Crippen LogP contribution in [0.2, 0.25) is 0 Å². The van der Waals surface area contributed by atoms with Crippen LogP contribution in [0.15, 0.2) is 24.3 Å². The quantitative estimate of drug-likeness (QED) is 0.863. The topological polar surface area (TPSA) is 66.4 Å². The minimum Gasteiger partial charge on any atom is -0.480 e. The minimum atomic E-state index is -2.61. The van der Waals surface area contributed by atoms with Gasteiger partial charge in [-0.1, -0.05) is 18.2 Å². The van der Waals surface area contributed by atoms with Gasteiger partial charge in [0.15, 0.2) is 0 Å². The zero-order chi connectivity index (χ0) is 13.3. The maximum atomic E-state index is 12.6. The molecule has 1 heterocycles. The van der Waals surface area contributed by atoms with Crippen molar-refractivity contribution in [2.24, 2.45) is 0 Å². The summed E-state index contributed by atoms with van der Waals surface area (Å²) in [6.45, 7) is 0. The summed E-state index contributed by atoms with van der Waals surface area (Å²) in [5.74, 6) is -2.14. The van der Waals surface area contributed by atoms with E-state index in [4.69, 9.17) is 5.11 Å². The number of benzene rings is 1. The number of carboxylic acid groups (broad SMARTS) is 1. The number of carbonyl (C=O) groups is 2. The predicted octanol–water partition coefficient (Wildman–Crippen LogP) is 1.68. The first kappa shape index (κ1) is 12.5. The second-order valence-corrected chi connectivity index (χ2v) is 4.16. The van der Waals surface area contributed by atoms with Crippen molar-refractivity contribution < 1.29 is 23.5 Å². The summed E-state index contributed by atoms with van der Waals surface area (Å²) >= 11 is 0. The van der Waals surface area contributed by atoms with Crippen molar-refractivity contribution in [3.63, 3.8) is 0 Å². The van der Waals surface area contributed by atoms with E-state index < -0.39 is 24.4 Å². The summed E-state index contributed by atoms with van der Waals surface area (Å²) in [5, 5.41) is 11.3. The van der Waals surface area contributed by atoms with Crippen molar-refractivity contribution in [2.75, 3.05) is 0 Å². The Hall–Kier alpha value is -1.98. The normalized spacial score (nSPS) is 23.2. The molecule has 2 rings (SSSR count). The molecule has 0 spiro atoms. The summed E-state index contributed by atoms with van der Waals surface area (Å²) in [7, 11) is 0. The van der Waals surface area contributed by atoms with E-state index in [0.29, 0.717) is 5.56 Å². The highest BCUT2D eigenvalue weighted by atomic mass is 19.3. The predicted molar refractivity (Wildman–Crippen MR) is 58.3 cm³/mol. The largest absolute Gasteiger partial charge is 0.480 e. The molecule has 1 aromatic carbocycles. The van der Waals surface area contributed by atoms with Crippen molar-refractivity contribution >= 4 is 11.9 Å². The van der Waals surface area contributed by atoms with Crippen LogP contribution in [0.5, 0.6) is 0 Å². The van der Waals surface area contributed by atoms with Crippen LogP contribution in [0.3, 0.4) is 0 Å². The second kappa shape index (κ2) is 4.72. The highest BCUT2D eigenvalue weighted by Crippen LogP contribution is 2.31. The van der Waals surface area contributed by atoms with Crippen LogP contribution in [0.25, 0.3) is 0 Å². The number of alkyl halides is 2. The zero-order valence-electron chi connectivity index (χ0n) is 9.27. The van der Waals surface area contributed by atoms with Crippen molar-refractivity contribution in [3.8, 4) is 0 Å². The van der Waals surface area contributed by atoms with E-state index in [1.807, 2.05) is 0 Å². The lowest BCUT2D eigenvalue weighted by molar-refractivity contribution is -0.140. The first-order chi connectivity index (χ1) is 8.49. The summed E-state index contributed by atoms with van der Waals surface area (Å²) in [5.41, 5.74) is 0.273. The lowest BCUT2D eigenvalue weighted by atomic mass is 9.91. The molecule has 1 fully saturated rings. The zero-order valence-corrected chi connectivity index (χ0v) is 9.27. The van der Waals surface area contributed by atoms with Gasteiger partial charge in [-0.25, -0.2) is 13.6 Å². The number of aliphatic carboxylic acids is 1. The smallest absolute Gasteiger partial charge is 0.326 e. The fourth-order valence-electron chi connectivity index (χ4n) is 2.12. The standard InChI is InChI=1S/C12H11F2NO3/c13-11(14)7-3-1-2-6(4-7)8-5-9(16)15-10(8)12(17)18/h1-4,8,10-11H,5H2,(H,15,16)(H,17,18). The van der Waals surface area contributed by atoms with Gasteiger partial charge in [-0.2, -0.15) is 0 Å². The van der Waals surface area contributed by atoms with E-state index in [1.165, 1.54) is 18.2 Å². The SMILES string of the molecule is O=C1CC(c2cccc(C(F)F)c2)C(C(=O)O)N1. The average molecular weight is 255 g/mol. The molecule has 2 atom stereocenters. The summed E-state index contributed by atoms with van der Waals surface area (Å²) < 4.78 is 25.1. The molecule has 1 aliphatic heterocycles. The van der Waals surface area contributed by atoms with Crippen LogP contribution < -0.4 is 5.32 Å².